The lowest BCUT2D eigenvalue weighted by Crippen LogP contribution is -2.52. The molecule has 2 aromatic rings. The quantitative estimate of drug-likeness (QED) is 0.670. The molecular formula is C18H21F5N6O2. The highest BCUT2D eigenvalue weighted by atomic mass is 19.4. The Hall–Kier alpha value is -2.70. The van der Waals surface area contributed by atoms with Crippen LogP contribution >= 0.6 is 0 Å². The molecule has 4 rings (SSSR count). The molecule has 2 atom stereocenters. The maximum absolute atomic E-state index is 13.8. The summed E-state index contributed by atoms with van der Waals surface area (Å²) in [6.07, 6.45) is -3.94. The first-order chi connectivity index (χ1) is 14.7. The van der Waals surface area contributed by atoms with Crippen LogP contribution in [0.2, 0.25) is 0 Å². The summed E-state index contributed by atoms with van der Waals surface area (Å²) in [6.45, 7) is -0.629. The monoisotopic (exact) mass is 448 g/mol. The van der Waals surface area contributed by atoms with Crippen LogP contribution in [0, 0.1) is 0 Å². The molecule has 2 aliphatic heterocycles. The van der Waals surface area contributed by atoms with Crippen molar-refractivity contribution in [2.45, 2.75) is 51.2 Å². The average Bonchev–Trinajstić information content (AvgIpc) is 3.16. The fourth-order valence-corrected chi connectivity index (χ4v) is 4.01. The zero-order chi connectivity index (χ0) is 22.3. The summed E-state index contributed by atoms with van der Waals surface area (Å²) in [6, 6.07) is 0.419. The smallest absolute Gasteiger partial charge is 0.377 e. The SMILES string of the molecule is CC1COCCN1c1cc(=O)n2c(n1)N(Cc1ccnn1C(F)F)C(C(F)(F)F)CC2. The van der Waals surface area contributed by atoms with E-state index in [2.05, 4.69) is 10.1 Å². The molecular weight excluding hydrogens is 427 g/mol. The minimum absolute atomic E-state index is 0.114. The van der Waals surface area contributed by atoms with Gasteiger partial charge >= 0.3 is 12.7 Å². The Morgan fingerprint density at radius 1 is 1.29 bits per heavy atom. The van der Waals surface area contributed by atoms with Crippen molar-refractivity contribution in [2.75, 3.05) is 29.6 Å². The molecule has 0 bridgehead atoms. The Kier molecular flexibility index (Phi) is 5.62. The third kappa shape index (κ3) is 4.10. The third-order valence-corrected chi connectivity index (χ3v) is 5.54. The summed E-state index contributed by atoms with van der Waals surface area (Å²) in [5.74, 6) is 0.0408. The summed E-state index contributed by atoms with van der Waals surface area (Å²) < 4.78 is 74.8. The van der Waals surface area contributed by atoms with Gasteiger partial charge in [0.25, 0.3) is 5.56 Å². The molecule has 0 amide bonds. The molecule has 0 radical (unpaired) electrons. The van der Waals surface area contributed by atoms with E-state index in [9.17, 15) is 26.7 Å². The predicted octanol–water partition coefficient (Wildman–Crippen LogP) is 2.40. The minimum Gasteiger partial charge on any atom is -0.377 e. The summed E-state index contributed by atoms with van der Waals surface area (Å²) in [4.78, 5) is 19.8. The van der Waals surface area contributed by atoms with E-state index in [1.807, 2.05) is 6.92 Å². The van der Waals surface area contributed by atoms with Gasteiger partial charge in [-0.2, -0.15) is 32.0 Å². The highest BCUT2D eigenvalue weighted by Crippen LogP contribution is 2.35. The molecule has 13 heteroatoms. The third-order valence-electron chi connectivity index (χ3n) is 5.54. The van der Waals surface area contributed by atoms with Crippen molar-refractivity contribution in [3.8, 4) is 0 Å². The second kappa shape index (κ2) is 8.09. The zero-order valence-electron chi connectivity index (χ0n) is 16.6. The lowest BCUT2D eigenvalue weighted by Gasteiger charge is -2.40. The Morgan fingerprint density at radius 2 is 2.06 bits per heavy atom. The standard InChI is InChI=1S/C18H21F5N6O2/c1-11-10-31-7-6-26(11)14-8-15(30)27-5-3-13(18(21,22)23)28(17(27)25-14)9-12-2-4-24-29(12)16(19)20/h2,4,8,11,13,16H,3,5-7,9-10H2,1H3. The second-order valence-electron chi connectivity index (χ2n) is 7.54. The summed E-state index contributed by atoms with van der Waals surface area (Å²) in [5, 5.41) is 3.49. The number of halogens is 5. The molecule has 31 heavy (non-hydrogen) atoms. The van der Waals surface area contributed by atoms with Crippen LogP contribution in [0.3, 0.4) is 0 Å². The fourth-order valence-electron chi connectivity index (χ4n) is 4.01. The van der Waals surface area contributed by atoms with Crippen LogP contribution in [-0.4, -0.2) is 57.4 Å². The van der Waals surface area contributed by atoms with Gasteiger partial charge in [-0.3, -0.25) is 9.36 Å². The summed E-state index contributed by atoms with van der Waals surface area (Å²) >= 11 is 0. The normalized spacial score (nSPS) is 22.2. The van der Waals surface area contributed by atoms with E-state index in [-0.39, 0.29) is 30.0 Å². The van der Waals surface area contributed by atoms with E-state index in [0.29, 0.717) is 24.4 Å². The molecule has 0 spiro atoms. The number of morpholine rings is 1. The van der Waals surface area contributed by atoms with Gasteiger partial charge in [0.15, 0.2) is 0 Å². The van der Waals surface area contributed by atoms with E-state index in [1.165, 1.54) is 12.1 Å². The maximum Gasteiger partial charge on any atom is 0.408 e. The molecule has 2 aromatic heterocycles. The summed E-state index contributed by atoms with van der Waals surface area (Å²) in [5.41, 5.74) is -0.608. The van der Waals surface area contributed by atoms with Crippen LogP contribution in [0.4, 0.5) is 33.7 Å². The fraction of sp³-hybridized carbons (Fsp3) is 0.611. The van der Waals surface area contributed by atoms with Gasteiger partial charge in [0.2, 0.25) is 5.95 Å². The second-order valence-corrected chi connectivity index (χ2v) is 7.54. The van der Waals surface area contributed by atoms with E-state index in [1.54, 1.807) is 4.90 Å². The number of nitrogens with zero attached hydrogens (tertiary/aromatic N) is 6. The Labute approximate surface area is 173 Å². The van der Waals surface area contributed by atoms with Gasteiger partial charge in [0.1, 0.15) is 11.9 Å². The number of hydrogen-bond donors (Lipinski definition) is 0. The molecule has 1 saturated heterocycles. The predicted molar refractivity (Wildman–Crippen MR) is 100 cm³/mol. The van der Waals surface area contributed by atoms with Crippen molar-refractivity contribution in [1.82, 2.24) is 19.3 Å². The van der Waals surface area contributed by atoms with E-state index in [4.69, 9.17) is 4.74 Å². The number of anilines is 2. The number of alkyl halides is 5. The number of ether oxygens (including phenoxy) is 1. The molecule has 0 aliphatic carbocycles. The van der Waals surface area contributed by atoms with E-state index in [0.717, 1.165) is 15.7 Å². The van der Waals surface area contributed by atoms with Crippen LogP contribution < -0.4 is 15.4 Å². The lowest BCUT2D eigenvalue weighted by molar-refractivity contribution is -0.153. The molecule has 0 N–H and O–H groups in total. The molecule has 1 fully saturated rings. The minimum atomic E-state index is -4.64. The number of fused-ring (bicyclic) bond motifs is 1. The Morgan fingerprint density at radius 3 is 2.74 bits per heavy atom. The molecule has 0 aromatic carbocycles. The van der Waals surface area contributed by atoms with Gasteiger partial charge in [-0.1, -0.05) is 0 Å². The molecule has 0 saturated carbocycles. The van der Waals surface area contributed by atoms with Gasteiger partial charge in [0.05, 0.1) is 31.5 Å². The van der Waals surface area contributed by atoms with Gasteiger partial charge in [-0.05, 0) is 19.4 Å². The first-order valence-corrected chi connectivity index (χ1v) is 9.77. The van der Waals surface area contributed by atoms with Crippen molar-refractivity contribution < 1.29 is 26.7 Å². The lowest BCUT2D eigenvalue weighted by atomic mass is 10.1. The van der Waals surface area contributed by atoms with Gasteiger partial charge in [-0.15, -0.1) is 0 Å². The van der Waals surface area contributed by atoms with Gasteiger partial charge in [-0.25, -0.2) is 4.68 Å². The molecule has 170 valence electrons. The number of hydrogen-bond acceptors (Lipinski definition) is 6. The molecule has 2 aliphatic rings. The van der Waals surface area contributed by atoms with Crippen LogP contribution in [0.15, 0.2) is 23.1 Å². The highest BCUT2D eigenvalue weighted by Gasteiger charge is 2.47. The van der Waals surface area contributed by atoms with Gasteiger partial charge < -0.3 is 14.5 Å². The maximum atomic E-state index is 13.8. The van der Waals surface area contributed by atoms with Crippen molar-refractivity contribution in [2.24, 2.45) is 0 Å². The average molecular weight is 448 g/mol. The van der Waals surface area contributed by atoms with Crippen LogP contribution in [-0.2, 0) is 17.8 Å². The van der Waals surface area contributed by atoms with E-state index >= 15 is 0 Å². The number of aromatic nitrogens is 4. The Balaban J connectivity index is 1.79. The molecule has 2 unspecified atom stereocenters. The van der Waals surface area contributed by atoms with Gasteiger partial charge in [0, 0.05) is 25.4 Å². The van der Waals surface area contributed by atoms with Crippen molar-refractivity contribution in [3.63, 3.8) is 0 Å². The summed E-state index contributed by atoms with van der Waals surface area (Å²) in [7, 11) is 0. The zero-order valence-corrected chi connectivity index (χ0v) is 16.6. The Bertz CT molecular complexity index is 991. The number of rotatable bonds is 4. The van der Waals surface area contributed by atoms with Crippen LogP contribution in [0.25, 0.3) is 0 Å². The largest absolute Gasteiger partial charge is 0.408 e. The first-order valence-electron chi connectivity index (χ1n) is 9.77. The van der Waals surface area contributed by atoms with Crippen molar-refractivity contribution in [3.05, 3.63) is 34.4 Å². The van der Waals surface area contributed by atoms with Crippen LogP contribution in [0.1, 0.15) is 25.6 Å². The van der Waals surface area contributed by atoms with Crippen molar-refractivity contribution in [1.29, 1.82) is 0 Å². The van der Waals surface area contributed by atoms with Crippen molar-refractivity contribution >= 4 is 11.8 Å². The first kappa shape index (κ1) is 21.5. The topological polar surface area (TPSA) is 68.4 Å². The molecule has 4 heterocycles. The van der Waals surface area contributed by atoms with Crippen LogP contribution in [0.5, 0.6) is 0 Å². The molecule has 8 nitrogen and oxygen atoms in total. The highest BCUT2D eigenvalue weighted by molar-refractivity contribution is 5.47. The van der Waals surface area contributed by atoms with E-state index < -0.39 is 37.3 Å².